The minimum atomic E-state index is -0.363. The summed E-state index contributed by atoms with van der Waals surface area (Å²) in [6.07, 6.45) is 0. The smallest absolute Gasteiger partial charge is 0.274 e. The van der Waals surface area contributed by atoms with Crippen molar-refractivity contribution in [1.29, 1.82) is 0 Å². The lowest BCUT2D eigenvalue weighted by molar-refractivity contribution is -0.385. The quantitative estimate of drug-likeness (QED) is 0.675. The Labute approximate surface area is 119 Å². The Kier molecular flexibility index (Phi) is 4.16. The maximum atomic E-state index is 11.0. The molecule has 1 N–H and O–H groups in total. The predicted molar refractivity (Wildman–Crippen MR) is 79.3 cm³/mol. The average Bonchev–Trinajstić information content (AvgIpc) is 2.38. The highest BCUT2D eigenvalue weighted by Crippen LogP contribution is 2.24. The molecule has 0 fully saturated rings. The Balaban J connectivity index is 2.16. The van der Waals surface area contributed by atoms with Crippen molar-refractivity contribution in [3.05, 3.63) is 68.2 Å². The first-order valence-corrected chi connectivity index (χ1v) is 6.59. The van der Waals surface area contributed by atoms with Gasteiger partial charge in [0.25, 0.3) is 5.69 Å². The van der Waals surface area contributed by atoms with Crippen LogP contribution in [0.5, 0.6) is 0 Å². The Hall–Kier alpha value is -1.88. The number of nitrogens with one attached hydrogen (secondary N) is 1. The summed E-state index contributed by atoms with van der Waals surface area (Å²) >= 11 is 3.33. The zero-order valence-electron chi connectivity index (χ0n) is 10.4. The van der Waals surface area contributed by atoms with Crippen molar-refractivity contribution in [1.82, 2.24) is 0 Å². The van der Waals surface area contributed by atoms with E-state index in [0.717, 1.165) is 10.2 Å². The highest BCUT2D eigenvalue weighted by Gasteiger charge is 2.13. The molecular weight excluding hydrogens is 308 g/mol. The second-order valence-corrected chi connectivity index (χ2v) is 5.17. The Morgan fingerprint density at radius 3 is 2.53 bits per heavy atom. The van der Waals surface area contributed by atoms with Gasteiger partial charge in [0.1, 0.15) is 0 Å². The van der Waals surface area contributed by atoms with Crippen molar-refractivity contribution in [3.63, 3.8) is 0 Å². The van der Waals surface area contributed by atoms with Gasteiger partial charge in [-0.1, -0.05) is 33.6 Å². The monoisotopic (exact) mass is 320 g/mol. The van der Waals surface area contributed by atoms with Gasteiger partial charge in [0.2, 0.25) is 0 Å². The first-order chi connectivity index (χ1) is 9.06. The van der Waals surface area contributed by atoms with Crippen molar-refractivity contribution >= 4 is 27.3 Å². The van der Waals surface area contributed by atoms with Gasteiger partial charge in [-0.2, -0.15) is 0 Å². The highest BCUT2D eigenvalue weighted by molar-refractivity contribution is 9.10. The molecule has 98 valence electrons. The molecule has 0 aliphatic rings. The van der Waals surface area contributed by atoms with E-state index in [1.54, 1.807) is 12.1 Å². The predicted octanol–water partition coefficient (Wildman–Crippen LogP) is 4.28. The molecule has 5 heteroatoms. The molecule has 0 spiro atoms. The summed E-state index contributed by atoms with van der Waals surface area (Å²) in [5.74, 6) is 0. The summed E-state index contributed by atoms with van der Waals surface area (Å²) in [5.41, 5.74) is 2.90. The van der Waals surface area contributed by atoms with Crippen LogP contribution in [-0.4, -0.2) is 4.92 Å². The van der Waals surface area contributed by atoms with E-state index in [1.165, 1.54) is 11.6 Å². The average molecular weight is 321 g/mol. The fourth-order valence-electron chi connectivity index (χ4n) is 1.74. The molecule has 2 aromatic rings. The normalized spacial score (nSPS) is 10.2. The summed E-state index contributed by atoms with van der Waals surface area (Å²) < 4.78 is 0.832. The third kappa shape index (κ3) is 3.54. The standard InChI is InChI=1S/C14H13BrN2O2/c1-10-2-5-13(6-3-10)16-9-11-8-12(15)4-7-14(11)17(18)19/h2-8,16H,9H2,1H3. The Bertz CT molecular complexity index is 597. The first kappa shape index (κ1) is 13.5. The molecule has 0 unspecified atom stereocenters. The SMILES string of the molecule is Cc1ccc(NCc2cc(Br)ccc2[N+](=O)[O-])cc1. The van der Waals surface area contributed by atoms with E-state index in [-0.39, 0.29) is 10.6 Å². The van der Waals surface area contributed by atoms with Crippen LogP contribution in [0.2, 0.25) is 0 Å². The molecule has 2 rings (SSSR count). The molecule has 0 aliphatic carbocycles. The third-order valence-electron chi connectivity index (χ3n) is 2.77. The van der Waals surface area contributed by atoms with E-state index in [2.05, 4.69) is 21.2 Å². The van der Waals surface area contributed by atoms with E-state index in [4.69, 9.17) is 0 Å². The lowest BCUT2D eigenvalue weighted by Crippen LogP contribution is -2.03. The molecule has 0 aliphatic heterocycles. The largest absolute Gasteiger partial charge is 0.381 e. The van der Waals surface area contributed by atoms with E-state index >= 15 is 0 Å². The van der Waals surface area contributed by atoms with Crippen LogP contribution in [-0.2, 0) is 6.54 Å². The summed E-state index contributed by atoms with van der Waals surface area (Å²) in [5, 5.41) is 14.1. The van der Waals surface area contributed by atoms with Gasteiger partial charge in [0, 0.05) is 28.3 Å². The van der Waals surface area contributed by atoms with Gasteiger partial charge in [-0.05, 0) is 31.2 Å². The number of benzene rings is 2. The van der Waals surface area contributed by atoms with Gasteiger partial charge >= 0.3 is 0 Å². The van der Waals surface area contributed by atoms with E-state index < -0.39 is 0 Å². The summed E-state index contributed by atoms with van der Waals surface area (Å²) in [6.45, 7) is 2.43. The second-order valence-electron chi connectivity index (χ2n) is 4.25. The van der Waals surface area contributed by atoms with Crippen LogP contribution in [0.3, 0.4) is 0 Å². The Morgan fingerprint density at radius 2 is 1.89 bits per heavy atom. The number of nitro benzene ring substituents is 1. The number of nitrogens with zero attached hydrogens (tertiary/aromatic N) is 1. The maximum absolute atomic E-state index is 11.0. The van der Waals surface area contributed by atoms with Crippen LogP contribution in [0, 0.1) is 17.0 Å². The van der Waals surface area contributed by atoms with E-state index in [0.29, 0.717) is 12.1 Å². The third-order valence-corrected chi connectivity index (χ3v) is 3.27. The summed E-state index contributed by atoms with van der Waals surface area (Å²) in [4.78, 5) is 10.6. The van der Waals surface area contributed by atoms with E-state index in [9.17, 15) is 10.1 Å². The molecule has 0 atom stereocenters. The second kappa shape index (κ2) is 5.84. The van der Waals surface area contributed by atoms with Crippen molar-refractivity contribution in [2.45, 2.75) is 13.5 Å². The molecule has 0 bridgehead atoms. The number of hydrogen-bond acceptors (Lipinski definition) is 3. The van der Waals surface area contributed by atoms with Gasteiger partial charge in [0.15, 0.2) is 0 Å². The fourth-order valence-corrected chi connectivity index (χ4v) is 2.15. The minimum absolute atomic E-state index is 0.128. The zero-order chi connectivity index (χ0) is 13.8. The minimum Gasteiger partial charge on any atom is -0.381 e. The van der Waals surface area contributed by atoms with Crippen LogP contribution < -0.4 is 5.32 Å². The van der Waals surface area contributed by atoms with E-state index in [1.807, 2.05) is 31.2 Å². The fraction of sp³-hybridized carbons (Fsp3) is 0.143. The molecule has 0 saturated heterocycles. The van der Waals surface area contributed by atoms with Crippen LogP contribution in [0.25, 0.3) is 0 Å². The molecular formula is C14H13BrN2O2. The summed E-state index contributed by atoms with van der Waals surface area (Å²) in [7, 11) is 0. The van der Waals surface area contributed by atoms with Crippen molar-refractivity contribution in [3.8, 4) is 0 Å². The molecule has 0 amide bonds. The number of anilines is 1. The molecule has 4 nitrogen and oxygen atoms in total. The van der Waals surface area contributed by atoms with Gasteiger partial charge in [-0.15, -0.1) is 0 Å². The number of hydrogen-bond donors (Lipinski definition) is 1. The topological polar surface area (TPSA) is 55.2 Å². The number of aryl methyl sites for hydroxylation is 1. The lowest BCUT2D eigenvalue weighted by atomic mass is 10.1. The molecule has 0 radical (unpaired) electrons. The Morgan fingerprint density at radius 1 is 1.21 bits per heavy atom. The molecule has 0 aromatic heterocycles. The van der Waals surface area contributed by atoms with Crippen LogP contribution in [0.1, 0.15) is 11.1 Å². The lowest BCUT2D eigenvalue weighted by Gasteiger charge is -2.08. The number of nitro groups is 1. The molecule has 2 aromatic carbocycles. The molecule has 0 heterocycles. The summed E-state index contributed by atoms with van der Waals surface area (Å²) in [6, 6.07) is 12.9. The zero-order valence-corrected chi connectivity index (χ0v) is 12.0. The number of halogens is 1. The van der Waals surface area contributed by atoms with Crippen LogP contribution >= 0.6 is 15.9 Å². The van der Waals surface area contributed by atoms with Gasteiger partial charge in [-0.3, -0.25) is 10.1 Å². The van der Waals surface area contributed by atoms with Crippen molar-refractivity contribution in [2.75, 3.05) is 5.32 Å². The van der Waals surface area contributed by atoms with Crippen molar-refractivity contribution in [2.24, 2.45) is 0 Å². The highest BCUT2D eigenvalue weighted by atomic mass is 79.9. The van der Waals surface area contributed by atoms with Crippen LogP contribution in [0.4, 0.5) is 11.4 Å². The molecule has 0 saturated carbocycles. The number of rotatable bonds is 4. The van der Waals surface area contributed by atoms with Gasteiger partial charge in [-0.25, -0.2) is 0 Å². The maximum Gasteiger partial charge on any atom is 0.274 e. The van der Waals surface area contributed by atoms with Crippen molar-refractivity contribution < 1.29 is 4.92 Å². The first-order valence-electron chi connectivity index (χ1n) is 5.79. The van der Waals surface area contributed by atoms with Crippen LogP contribution in [0.15, 0.2) is 46.9 Å². The van der Waals surface area contributed by atoms with Gasteiger partial charge in [0.05, 0.1) is 4.92 Å². The van der Waals surface area contributed by atoms with Gasteiger partial charge < -0.3 is 5.32 Å². The molecule has 19 heavy (non-hydrogen) atoms.